The Morgan fingerprint density at radius 1 is 1.20 bits per heavy atom. The van der Waals surface area contributed by atoms with Gasteiger partial charge in [0.05, 0.1) is 18.7 Å². The third-order valence-corrected chi connectivity index (χ3v) is 5.41. The first-order valence-corrected chi connectivity index (χ1v) is 9.70. The van der Waals surface area contributed by atoms with Gasteiger partial charge < -0.3 is 15.4 Å². The lowest BCUT2D eigenvalue weighted by Crippen LogP contribution is -2.34. The van der Waals surface area contributed by atoms with E-state index in [0.717, 1.165) is 24.2 Å². The van der Waals surface area contributed by atoms with Gasteiger partial charge in [-0.25, -0.2) is 0 Å². The van der Waals surface area contributed by atoms with Crippen molar-refractivity contribution in [3.05, 3.63) is 89.0 Å². The van der Waals surface area contributed by atoms with Crippen LogP contribution in [-0.2, 0) is 13.0 Å². The lowest BCUT2D eigenvalue weighted by molar-refractivity contribution is 0.0655. The molecule has 4 rings (SSSR count). The quantitative estimate of drug-likeness (QED) is 0.684. The Labute approximate surface area is 174 Å². The number of pyridine rings is 2. The second-order valence-corrected chi connectivity index (χ2v) is 7.17. The minimum absolute atomic E-state index is 0.163. The summed E-state index contributed by atoms with van der Waals surface area (Å²) >= 11 is 0. The first-order chi connectivity index (χ1) is 14.6. The van der Waals surface area contributed by atoms with Crippen LogP contribution in [0.2, 0.25) is 0 Å². The molecule has 1 aromatic carbocycles. The van der Waals surface area contributed by atoms with Crippen LogP contribution in [0.5, 0.6) is 5.75 Å². The van der Waals surface area contributed by atoms with Crippen molar-refractivity contribution >= 4 is 11.8 Å². The van der Waals surface area contributed by atoms with Crippen molar-refractivity contribution in [1.29, 1.82) is 0 Å². The monoisotopic (exact) mass is 402 g/mol. The van der Waals surface area contributed by atoms with Gasteiger partial charge in [0, 0.05) is 30.7 Å². The zero-order valence-corrected chi connectivity index (χ0v) is 16.6. The molecule has 0 saturated carbocycles. The van der Waals surface area contributed by atoms with Crippen molar-refractivity contribution in [2.45, 2.75) is 25.4 Å². The Morgan fingerprint density at radius 3 is 2.77 bits per heavy atom. The van der Waals surface area contributed by atoms with Crippen LogP contribution in [0.15, 0.2) is 61.1 Å². The van der Waals surface area contributed by atoms with E-state index in [-0.39, 0.29) is 24.2 Å². The molecule has 1 aliphatic carbocycles. The summed E-state index contributed by atoms with van der Waals surface area (Å²) in [7, 11) is 1.62. The second kappa shape index (κ2) is 8.32. The summed E-state index contributed by atoms with van der Waals surface area (Å²) < 4.78 is 5.40. The number of ether oxygens (including phenoxy) is 1. The van der Waals surface area contributed by atoms with Crippen LogP contribution in [0.1, 0.15) is 50.0 Å². The first-order valence-electron chi connectivity index (χ1n) is 9.70. The number of primary amides is 1. The highest BCUT2D eigenvalue weighted by molar-refractivity contribution is 5.95. The average Bonchev–Trinajstić information content (AvgIpc) is 3.20. The van der Waals surface area contributed by atoms with Crippen molar-refractivity contribution < 1.29 is 14.3 Å². The largest absolute Gasteiger partial charge is 0.497 e. The molecule has 0 spiro atoms. The zero-order valence-electron chi connectivity index (χ0n) is 16.6. The number of nitrogens with two attached hydrogens (primary N) is 1. The normalized spacial score (nSPS) is 14.8. The fourth-order valence-corrected chi connectivity index (χ4v) is 3.96. The minimum Gasteiger partial charge on any atom is -0.497 e. The number of benzene rings is 1. The highest BCUT2D eigenvalue weighted by Gasteiger charge is 2.33. The maximum atomic E-state index is 13.5. The van der Waals surface area contributed by atoms with E-state index in [1.165, 1.54) is 11.8 Å². The number of nitrogens with zero attached hydrogens (tertiary/aromatic N) is 3. The van der Waals surface area contributed by atoms with Crippen LogP contribution in [0.4, 0.5) is 0 Å². The van der Waals surface area contributed by atoms with E-state index in [1.807, 2.05) is 18.2 Å². The number of aryl methyl sites for hydroxylation is 1. The number of methoxy groups -OCH3 is 1. The number of rotatable bonds is 6. The fourth-order valence-electron chi connectivity index (χ4n) is 3.96. The molecule has 7 nitrogen and oxygen atoms in total. The van der Waals surface area contributed by atoms with E-state index < -0.39 is 5.91 Å². The lowest BCUT2D eigenvalue weighted by atomic mass is 10.0. The predicted molar refractivity (Wildman–Crippen MR) is 111 cm³/mol. The fraction of sp³-hybridized carbons (Fsp3) is 0.217. The van der Waals surface area contributed by atoms with E-state index in [2.05, 4.69) is 9.97 Å². The second-order valence-electron chi connectivity index (χ2n) is 7.17. The number of carbonyl (C=O) groups is 2. The van der Waals surface area contributed by atoms with Gasteiger partial charge in [-0.05, 0) is 54.3 Å². The summed E-state index contributed by atoms with van der Waals surface area (Å²) in [6.07, 6.45) is 6.34. The van der Waals surface area contributed by atoms with Gasteiger partial charge in [-0.1, -0.05) is 12.1 Å². The van der Waals surface area contributed by atoms with Crippen LogP contribution < -0.4 is 10.5 Å². The summed E-state index contributed by atoms with van der Waals surface area (Å²) in [5.41, 5.74) is 9.02. The standard InChI is InChI=1S/C23H22N4O3/c1-30-18-8-6-15-7-9-20(19(15)12-18)27(23(29)16-4-2-10-25-13-16)14-17-5-3-11-26-21(17)22(24)28/h2-6,8,10-13,20H,7,9,14H2,1H3,(H2,24,28)/t20-/m1/s1. The third-order valence-electron chi connectivity index (χ3n) is 5.41. The topological polar surface area (TPSA) is 98.4 Å². The Balaban J connectivity index is 1.77. The Hall–Kier alpha value is -3.74. The molecule has 0 aliphatic heterocycles. The SMILES string of the molecule is COc1ccc2c(c1)[C@H](N(Cc1cccnc1C(N)=O)C(=O)c1cccnc1)CC2. The molecule has 30 heavy (non-hydrogen) atoms. The van der Waals surface area contributed by atoms with Gasteiger partial charge >= 0.3 is 0 Å². The molecule has 1 atom stereocenters. The summed E-state index contributed by atoms with van der Waals surface area (Å²) in [6, 6.07) is 12.8. The van der Waals surface area contributed by atoms with Crippen molar-refractivity contribution in [3.63, 3.8) is 0 Å². The molecule has 2 N–H and O–H groups in total. The third kappa shape index (κ3) is 3.74. The van der Waals surface area contributed by atoms with Gasteiger partial charge in [0.2, 0.25) is 0 Å². The van der Waals surface area contributed by atoms with Gasteiger partial charge in [0.25, 0.3) is 11.8 Å². The first kappa shape index (κ1) is 19.6. The zero-order chi connectivity index (χ0) is 21.1. The van der Waals surface area contributed by atoms with Gasteiger partial charge in [0.15, 0.2) is 0 Å². The van der Waals surface area contributed by atoms with Crippen molar-refractivity contribution in [2.75, 3.05) is 7.11 Å². The Bertz CT molecular complexity index is 1080. The molecule has 0 saturated heterocycles. The highest BCUT2D eigenvalue weighted by atomic mass is 16.5. The number of hydrogen-bond acceptors (Lipinski definition) is 5. The van der Waals surface area contributed by atoms with Crippen molar-refractivity contribution in [1.82, 2.24) is 14.9 Å². The van der Waals surface area contributed by atoms with E-state index in [9.17, 15) is 9.59 Å². The molecule has 0 radical (unpaired) electrons. The van der Waals surface area contributed by atoms with Crippen LogP contribution in [0.3, 0.4) is 0 Å². The lowest BCUT2D eigenvalue weighted by Gasteiger charge is -2.30. The number of hydrogen-bond donors (Lipinski definition) is 1. The number of aromatic nitrogens is 2. The van der Waals surface area contributed by atoms with Crippen LogP contribution in [-0.4, -0.2) is 33.8 Å². The molecular formula is C23H22N4O3. The van der Waals surface area contributed by atoms with Gasteiger partial charge in [-0.2, -0.15) is 0 Å². The smallest absolute Gasteiger partial charge is 0.267 e. The molecule has 2 aromatic heterocycles. The minimum atomic E-state index is -0.618. The molecule has 7 heteroatoms. The van der Waals surface area contributed by atoms with Gasteiger partial charge in [-0.15, -0.1) is 0 Å². The Morgan fingerprint density at radius 2 is 2.03 bits per heavy atom. The summed E-state index contributed by atoms with van der Waals surface area (Å²) in [4.78, 5) is 35.3. The van der Waals surface area contributed by atoms with Crippen LogP contribution in [0.25, 0.3) is 0 Å². The molecular weight excluding hydrogens is 380 g/mol. The van der Waals surface area contributed by atoms with Crippen molar-refractivity contribution in [2.24, 2.45) is 5.73 Å². The van der Waals surface area contributed by atoms with Crippen molar-refractivity contribution in [3.8, 4) is 5.75 Å². The van der Waals surface area contributed by atoms with E-state index in [1.54, 1.807) is 48.7 Å². The van der Waals surface area contributed by atoms with Gasteiger partial charge in [0.1, 0.15) is 11.4 Å². The van der Waals surface area contributed by atoms with Crippen LogP contribution in [0, 0.1) is 0 Å². The summed E-state index contributed by atoms with van der Waals surface area (Å²) in [6.45, 7) is 0.209. The molecule has 152 valence electrons. The molecule has 0 bridgehead atoms. The molecule has 1 aliphatic rings. The van der Waals surface area contributed by atoms with E-state index in [4.69, 9.17) is 10.5 Å². The van der Waals surface area contributed by atoms with Gasteiger partial charge in [-0.3, -0.25) is 19.6 Å². The van der Waals surface area contributed by atoms with E-state index >= 15 is 0 Å². The molecule has 0 unspecified atom stereocenters. The maximum absolute atomic E-state index is 13.5. The highest BCUT2D eigenvalue weighted by Crippen LogP contribution is 2.39. The Kier molecular flexibility index (Phi) is 5.43. The maximum Gasteiger partial charge on any atom is 0.267 e. The van der Waals surface area contributed by atoms with E-state index in [0.29, 0.717) is 11.1 Å². The summed E-state index contributed by atoms with van der Waals surface area (Å²) in [5, 5.41) is 0. The number of amides is 2. The molecule has 2 amide bonds. The predicted octanol–water partition coefficient (Wildman–Crippen LogP) is 2.91. The number of carbonyl (C=O) groups excluding carboxylic acids is 2. The molecule has 2 heterocycles. The summed E-state index contributed by atoms with van der Waals surface area (Å²) in [5.74, 6) is -0.0375. The van der Waals surface area contributed by atoms with Crippen LogP contribution >= 0.6 is 0 Å². The molecule has 3 aromatic rings. The average molecular weight is 402 g/mol. The number of fused-ring (bicyclic) bond motifs is 1. The molecule has 0 fully saturated rings.